The van der Waals surface area contributed by atoms with Crippen LogP contribution in [0, 0.1) is 5.82 Å². The number of rotatable bonds is 3. The van der Waals surface area contributed by atoms with Crippen LogP contribution in [0.25, 0.3) is 0 Å². The number of hydrogen-bond donors (Lipinski definition) is 1. The summed E-state index contributed by atoms with van der Waals surface area (Å²) in [6, 6.07) is 2.80. The van der Waals surface area contributed by atoms with Crippen molar-refractivity contribution in [3.8, 4) is 11.5 Å². The molecule has 0 heterocycles. The van der Waals surface area contributed by atoms with E-state index < -0.39 is 5.82 Å². The van der Waals surface area contributed by atoms with Gasteiger partial charge in [-0.05, 0) is 6.07 Å². The Balaban J connectivity index is 3.18. The molecule has 0 aromatic heterocycles. The third kappa shape index (κ3) is 1.89. The Bertz CT molecular complexity index is 302. The zero-order chi connectivity index (χ0) is 9.84. The van der Waals surface area contributed by atoms with Gasteiger partial charge in [0.2, 0.25) is 0 Å². The van der Waals surface area contributed by atoms with Crippen molar-refractivity contribution < 1.29 is 13.9 Å². The van der Waals surface area contributed by atoms with Crippen LogP contribution >= 0.6 is 0 Å². The Hall–Kier alpha value is -1.29. The van der Waals surface area contributed by atoms with E-state index in [1.807, 2.05) is 0 Å². The number of benzene rings is 1. The molecule has 0 amide bonds. The fourth-order valence-electron chi connectivity index (χ4n) is 1.08. The highest BCUT2D eigenvalue weighted by Gasteiger charge is 2.09. The van der Waals surface area contributed by atoms with E-state index in [1.54, 1.807) is 0 Å². The van der Waals surface area contributed by atoms with Gasteiger partial charge in [0.25, 0.3) is 0 Å². The Morgan fingerprint density at radius 2 is 1.85 bits per heavy atom. The first-order valence-corrected chi connectivity index (χ1v) is 3.83. The molecule has 1 aromatic carbocycles. The van der Waals surface area contributed by atoms with Crippen LogP contribution in [0.2, 0.25) is 0 Å². The van der Waals surface area contributed by atoms with E-state index in [0.717, 1.165) is 0 Å². The van der Waals surface area contributed by atoms with Crippen molar-refractivity contribution >= 4 is 0 Å². The molecule has 0 bridgehead atoms. The fourth-order valence-corrected chi connectivity index (χ4v) is 1.08. The Labute approximate surface area is 76.3 Å². The van der Waals surface area contributed by atoms with Crippen LogP contribution in [0.15, 0.2) is 12.1 Å². The van der Waals surface area contributed by atoms with Crippen LogP contribution in [0.4, 0.5) is 4.39 Å². The van der Waals surface area contributed by atoms with E-state index in [9.17, 15) is 4.39 Å². The summed E-state index contributed by atoms with van der Waals surface area (Å²) >= 11 is 0. The van der Waals surface area contributed by atoms with Gasteiger partial charge in [-0.1, -0.05) is 0 Å². The van der Waals surface area contributed by atoms with Crippen molar-refractivity contribution in [2.24, 2.45) is 5.73 Å². The van der Waals surface area contributed by atoms with E-state index in [-0.39, 0.29) is 12.3 Å². The summed E-state index contributed by atoms with van der Waals surface area (Å²) in [5, 5.41) is 0. The van der Waals surface area contributed by atoms with Crippen LogP contribution in [0.5, 0.6) is 11.5 Å². The summed E-state index contributed by atoms with van der Waals surface area (Å²) in [5.74, 6) is 0.276. The molecule has 0 atom stereocenters. The molecule has 72 valence electrons. The maximum atomic E-state index is 13.1. The summed E-state index contributed by atoms with van der Waals surface area (Å²) in [6.07, 6.45) is 0. The molecular weight excluding hydrogens is 173 g/mol. The molecule has 2 N–H and O–H groups in total. The number of hydrogen-bond acceptors (Lipinski definition) is 3. The monoisotopic (exact) mass is 185 g/mol. The lowest BCUT2D eigenvalue weighted by Crippen LogP contribution is -2.01. The fraction of sp³-hybridized carbons (Fsp3) is 0.333. The largest absolute Gasteiger partial charge is 0.496 e. The molecule has 0 radical (unpaired) electrons. The minimum Gasteiger partial charge on any atom is -0.496 e. The van der Waals surface area contributed by atoms with Crippen LogP contribution in [0.1, 0.15) is 5.56 Å². The van der Waals surface area contributed by atoms with Crippen LogP contribution in [-0.2, 0) is 6.54 Å². The predicted molar refractivity (Wildman–Crippen MR) is 47.4 cm³/mol. The van der Waals surface area contributed by atoms with Gasteiger partial charge in [0, 0.05) is 18.2 Å². The first kappa shape index (κ1) is 9.80. The molecule has 13 heavy (non-hydrogen) atoms. The third-order valence-electron chi connectivity index (χ3n) is 1.77. The first-order chi connectivity index (χ1) is 6.22. The highest BCUT2D eigenvalue weighted by atomic mass is 19.1. The molecule has 0 aliphatic heterocycles. The average molecular weight is 185 g/mol. The zero-order valence-electron chi connectivity index (χ0n) is 7.63. The second-order valence-electron chi connectivity index (χ2n) is 2.50. The second kappa shape index (κ2) is 4.09. The van der Waals surface area contributed by atoms with Gasteiger partial charge in [0.05, 0.1) is 14.2 Å². The number of methoxy groups -OCH3 is 2. The Morgan fingerprint density at radius 3 is 2.31 bits per heavy atom. The van der Waals surface area contributed by atoms with Gasteiger partial charge in [0.1, 0.15) is 5.75 Å². The molecule has 0 saturated carbocycles. The highest BCUT2D eigenvalue weighted by molar-refractivity contribution is 5.41. The van der Waals surface area contributed by atoms with Crippen LogP contribution in [-0.4, -0.2) is 14.2 Å². The second-order valence-corrected chi connectivity index (χ2v) is 2.50. The molecular formula is C9H12FNO2. The summed E-state index contributed by atoms with van der Waals surface area (Å²) in [7, 11) is 2.91. The van der Waals surface area contributed by atoms with E-state index in [2.05, 4.69) is 0 Å². The average Bonchev–Trinajstić information content (AvgIpc) is 2.17. The van der Waals surface area contributed by atoms with Crippen molar-refractivity contribution in [2.45, 2.75) is 6.54 Å². The van der Waals surface area contributed by atoms with Crippen molar-refractivity contribution in [1.82, 2.24) is 0 Å². The molecule has 0 aliphatic carbocycles. The van der Waals surface area contributed by atoms with Gasteiger partial charge in [0.15, 0.2) is 11.6 Å². The van der Waals surface area contributed by atoms with E-state index >= 15 is 0 Å². The molecule has 1 rings (SSSR count). The molecule has 3 nitrogen and oxygen atoms in total. The van der Waals surface area contributed by atoms with Gasteiger partial charge < -0.3 is 15.2 Å². The first-order valence-electron chi connectivity index (χ1n) is 3.83. The van der Waals surface area contributed by atoms with Crippen LogP contribution in [0.3, 0.4) is 0 Å². The van der Waals surface area contributed by atoms with Gasteiger partial charge in [-0.25, -0.2) is 4.39 Å². The van der Waals surface area contributed by atoms with Crippen molar-refractivity contribution in [3.05, 3.63) is 23.5 Å². The van der Waals surface area contributed by atoms with Crippen molar-refractivity contribution in [2.75, 3.05) is 14.2 Å². The molecule has 0 aliphatic rings. The third-order valence-corrected chi connectivity index (χ3v) is 1.77. The van der Waals surface area contributed by atoms with Crippen molar-refractivity contribution in [3.63, 3.8) is 0 Å². The number of ether oxygens (including phenoxy) is 2. The summed E-state index contributed by atoms with van der Waals surface area (Å²) < 4.78 is 22.9. The van der Waals surface area contributed by atoms with Gasteiger partial charge in [-0.3, -0.25) is 0 Å². The lowest BCUT2D eigenvalue weighted by Gasteiger charge is -2.09. The molecule has 0 spiro atoms. The summed E-state index contributed by atoms with van der Waals surface area (Å²) in [4.78, 5) is 0. The quantitative estimate of drug-likeness (QED) is 0.772. The Morgan fingerprint density at radius 1 is 1.23 bits per heavy atom. The van der Waals surface area contributed by atoms with E-state index in [1.165, 1.54) is 26.4 Å². The summed E-state index contributed by atoms with van der Waals surface area (Å²) in [5.41, 5.74) is 6.02. The lowest BCUT2D eigenvalue weighted by molar-refractivity contribution is 0.371. The van der Waals surface area contributed by atoms with Gasteiger partial charge in [-0.15, -0.1) is 0 Å². The molecule has 1 aromatic rings. The molecule has 4 heteroatoms. The standard InChI is InChI=1S/C9H12FNO2/c1-12-8-4-9(13-2)7(10)3-6(8)5-11/h3-4H,5,11H2,1-2H3. The predicted octanol–water partition coefficient (Wildman–Crippen LogP) is 1.30. The van der Waals surface area contributed by atoms with Crippen molar-refractivity contribution in [1.29, 1.82) is 0 Å². The maximum absolute atomic E-state index is 13.1. The molecule has 0 saturated heterocycles. The number of nitrogens with two attached hydrogens (primary N) is 1. The van der Waals surface area contributed by atoms with E-state index in [4.69, 9.17) is 15.2 Å². The lowest BCUT2D eigenvalue weighted by atomic mass is 10.2. The normalized spacial score (nSPS) is 9.85. The van der Waals surface area contributed by atoms with E-state index in [0.29, 0.717) is 11.3 Å². The Kier molecular flexibility index (Phi) is 3.08. The van der Waals surface area contributed by atoms with Gasteiger partial charge in [-0.2, -0.15) is 0 Å². The highest BCUT2D eigenvalue weighted by Crippen LogP contribution is 2.27. The summed E-state index contributed by atoms with van der Waals surface area (Å²) in [6.45, 7) is 0.240. The minimum atomic E-state index is -0.427. The minimum absolute atomic E-state index is 0.161. The SMILES string of the molecule is COc1cc(OC)c(CN)cc1F. The zero-order valence-corrected chi connectivity index (χ0v) is 7.63. The van der Waals surface area contributed by atoms with Crippen LogP contribution < -0.4 is 15.2 Å². The maximum Gasteiger partial charge on any atom is 0.165 e. The molecule has 0 unspecified atom stereocenters. The van der Waals surface area contributed by atoms with Gasteiger partial charge >= 0.3 is 0 Å². The topological polar surface area (TPSA) is 44.5 Å². The smallest absolute Gasteiger partial charge is 0.165 e. The number of halogens is 1. The molecule has 0 fully saturated rings.